The summed E-state index contributed by atoms with van der Waals surface area (Å²) < 4.78 is 28.5. The highest BCUT2D eigenvalue weighted by Crippen LogP contribution is 2.20. The summed E-state index contributed by atoms with van der Waals surface area (Å²) in [7, 11) is 0. The van der Waals surface area contributed by atoms with E-state index in [1.807, 2.05) is 0 Å². The predicted molar refractivity (Wildman–Crippen MR) is 80.0 cm³/mol. The molecular formula is C17H11FO5. The fourth-order valence-corrected chi connectivity index (χ4v) is 1.96. The van der Waals surface area contributed by atoms with Crippen LogP contribution >= 0.6 is 0 Å². The average Bonchev–Trinajstić information content (AvgIpc) is 2.54. The summed E-state index contributed by atoms with van der Waals surface area (Å²) in [6.45, 7) is -0.447. The van der Waals surface area contributed by atoms with Crippen LogP contribution in [0, 0.1) is 5.82 Å². The molecule has 0 unspecified atom stereocenters. The van der Waals surface area contributed by atoms with E-state index in [9.17, 15) is 14.0 Å². The molecule has 6 heteroatoms. The molecule has 0 saturated carbocycles. The third kappa shape index (κ3) is 3.55. The second-order valence-corrected chi connectivity index (χ2v) is 4.65. The summed E-state index contributed by atoms with van der Waals surface area (Å²) in [4.78, 5) is 22.9. The van der Waals surface area contributed by atoms with Gasteiger partial charge < -0.3 is 13.9 Å². The van der Waals surface area contributed by atoms with Gasteiger partial charge in [-0.2, -0.15) is 0 Å². The van der Waals surface area contributed by atoms with Crippen LogP contribution in [-0.4, -0.2) is 12.6 Å². The van der Waals surface area contributed by atoms with Crippen molar-refractivity contribution in [3.63, 3.8) is 0 Å². The Morgan fingerprint density at radius 3 is 2.70 bits per heavy atom. The molecule has 1 aromatic heterocycles. The molecule has 0 aliphatic heterocycles. The highest BCUT2D eigenvalue weighted by molar-refractivity contribution is 5.80. The van der Waals surface area contributed by atoms with Crippen LogP contribution in [-0.2, 0) is 4.79 Å². The first-order valence-corrected chi connectivity index (χ1v) is 6.74. The van der Waals surface area contributed by atoms with E-state index in [1.165, 1.54) is 30.3 Å². The van der Waals surface area contributed by atoms with Crippen molar-refractivity contribution in [2.24, 2.45) is 0 Å². The minimum absolute atomic E-state index is 0.0334. The van der Waals surface area contributed by atoms with E-state index < -0.39 is 24.0 Å². The van der Waals surface area contributed by atoms with E-state index in [0.717, 1.165) is 0 Å². The summed E-state index contributed by atoms with van der Waals surface area (Å²) in [5.41, 5.74) is -0.193. The summed E-state index contributed by atoms with van der Waals surface area (Å²) >= 11 is 0. The molecule has 0 amide bonds. The van der Waals surface area contributed by atoms with E-state index in [2.05, 4.69) is 0 Å². The van der Waals surface area contributed by atoms with Crippen LogP contribution in [0.1, 0.15) is 0 Å². The maximum absolute atomic E-state index is 13.4. The van der Waals surface area contributed by atoms with Crippen LogP contribution in [0.5, 0.6) is 11.5 Å². The van der Waals surface area contributed by atoms with E-state index in [0.29, 0.717) is 11.0 Å². The third-order valence-electron chi connectivity index (χ3n) is 3.01. The van der Waals surface area contributed by atoms with Crippen molar-refractivity contribution in [3.8, 4) is 11.5 Å². The van der Waals surface area contributed by atoms with Gasteiger partial charge in [0.1, 0.15) is 11.3 Å². The molecular weight excluding hydrogens is 303 g/mol. The fourth-order valence-electron chi connectivity index (χ4n) is 1.96. The molecule has 0 aliphatic carbocycles. The van der Waals surface area contributed by atoms with Gasteiger partial charge in [0, 0.05) is 17.5 Å². The van der Waals surface area contributed by atoms with Crippen LogP contribution in [0.3, 0.4) is 0 Å². The Kier molecular flexibility index (Phi) is 4.05. The first-order chi connectivity index (χ1) is 11.1. The smallest absolute Gasteiger partial charge is 0.349 e. The number of para-hydroxylation sites is 1. The molecule has 0 fully saturated rings. The highest BCUT2D eigenvalue weighted by Gasteiger charge is 2.09. The number of carbonyl (C=O) groups is 1. The van der Waals surface area contributed by atoms with Crippen molar-refractivity contribution in [1.29, 1.82) is 0 Å². The lowest BCUT2D eigenvalue weighted by atomic mass is 10.2. The standard InChI is InChI=1S/C17H11FO5/c18-13-3-1-2-4-14(13)21-10-17(20)22-12-7-5-11-6-8-16(19)23-15(11)9-12/h1-9H,10H2. The maximum Gasteiger partial charge on any atom is 0.349 e. The van der Waals surface area contributed by atoms with Crippen LogP contribution in [0.2, 0.25) is 0 Å². The van der Waals surface area contributed by atoms with Crippen LogP contribution < -0.4 is 15.1 Å². The summed E-state index contributed by atoms with van der Waals surface area (Å²) in [5, 5.41) is 0.701. The van der Waals surface area contributed by atoms with Gasteiger partial charge in [-0.25, -0.2) is 14.0 Å². The number of ether oxygens (including phenoxy) is 2. The van der Waals surface area contributed by atoms with E-state index >= 15 is 0 Å². The van der Waals surface area contributed by atoms with Crippen molar-refractivity contribution in [2.45, 2.75) is 0 Å². The number of hydrogen-bond donors (Lipinski definition) is 0. The number of halogens is 1. The molecule has 5 nitrogen and oxygen atoms in total. The minimum atomic E-state index is -0.703. The number of rotatable bonds is 4. The van der Waals surface area contributed by atoms with Gasteiger partial charge in [0.05, 0.1) is 0 Å². The number of carbonyl (C=O) groups excluding carboxylic acids is 1. The molecule has 3 rings (SSSR count). The summed E-state index contributed by atoms with van der Waals surface area (Å²) in [5.74, 6) is -1.10. The first kappa shape index (κ1) is 14.8. The Balaban J connectivity index is 1.68. The lowest BCUT2D eigenvalue weighted by Gasteiger charge is -2.07. The fraction of sp³-hybridized carbons (Fsp3) is 0.0588. The number of benzene rings is 2. The topological polar surface area (TPSA) is 65.7 Å². The molecule has 116 valence electrons. The number of fused-ring (bicyclic) bond motifs is 1. The van der Waals surface area contributed by atoms with Crippen LogP contribution in [0.15, 0.2) is 63.8 Å². The minimum Gasteiger partial charge on any atom is -0.479 e. The molecule has 0 radical (unpaired) electrons. The molecule has 1 heterocycles. The zero-order chi connectivity index (χ0) is 16.2. The number of esters is 1. The molecule has 0 atom stereocenters. The molecule has 2 aromatic carbocycles. The summed E-state index contributed by atoms with van der Waals surface area (Å²) in [6, 6.07) is 13.3. The molecule has 3 aromatic rings. The zero-order valence-corrected chi connectivity index (χ0v) is 11.8. The molecule has 0 N–H and O–H groups in total. The van der Waals surface area contributed by atoms with E-state index in [4.69, 9.17) is 13.9 Å². The Hall–Kier alpha value is -3.15. The quantitative estimate of drug-likeness (QED) is 0.421. The second-order valence-electron chi connectivity index (χ2n) is 4.65. The van der Waals surface area contributed by atoms with Gasteiger partial charge in [-0.3, -0.25) is 0 Å². The van der Waals surface area contributed by atoms with Gasteiger partial charge in [0.15, 0.2) is 18.2 Å². The lowest BCUT2D eigenvalue weighted by molar-refractivity contribution is -0.136. The third-order valence-corrected chi connectivity index (χ3v) is 3.01. The van der Waals surface area contributed by atoms with Gasteiger partial charge in [-0.1, -0.05) is 12.1 Å². The van der Waals surface area contributed by atoms with Crippen molar-refractivity contribution < 1.29 is 23.1 Å². The summed E-state index contributed by atoms with van der Waals surface area (Å²) in [6.07, 6.45) is 0. The van der Waals surface area contributed by atoms with Gasteiger partial charge in [0.25, 0.3) is 0 Å². The Labute approximate surface area is 129 Å². The molecule has 0 spiro atoms. The predicted octanol–water partition coefficient (Wildman–Crippen LogP) is 2.92. The van der Waals surface area contributed by atoms with Gasteiger partial charge >= 0.3 is 11.6 Å². The maximum atomic E-state index is 13.4. The van der Waals surface area contributed by atoms with Crippen molar-refractivity contribution >= 4 is 16.9 Å². The Bertz CT molecular complexity index is 916. The van der Waals surface area contributed by atoms with Crippen molar-refractivity contribution in [1.82, 2.24) is 0 Å². The average molecular weight is 314 g/mol. The first-order valence-electron chi connectivity index (χ1n) is 6.74. The number of hydrogen-bond acceptors (Lipinski definition) is 5. The second kappa shape index (κ2) is 6.31. The van der Waals surface area contributed by atoms with Gasteiger partial charge in [-0.15, -0.1) is 0 Å². The van der Waals surface area contributed by atoms with Crippen molar-refractivity contribution in [3.05, 3.63) is 70.8 Å². The molecule has 0 aliphatic rings. The normalized spacial score (nSPS) is 10.5. The van der Waals surface area contributed by atoms with Crippen molar-refractivity contribution in [2.75, 3.05) is 6.61 Å². The lowest BCUT2D eigenvalue weighted by Crippen LogP contribution is -2.18. The molecule has 0 saturated heterocycles. The Morgan fingerprint density at radius 1 is 1.09 bits per heavy atom. The zero-order valence-electron chi connectivity index (χ0n) is 11.8. The van der Waals surface area contributed by atoms with Gasteiger partial charge in [0.2, 0.25) is 0 Å². The SMILES string of the molecule is O=C(COc1ccccc1F)Oc1ccc2ccc(=O)oc2c1. The van der Waals surface area contributed by atoms with Crippen LogP contribution in [0.25, 0.3) is 11.0 Å². The molecule has 23 heavy (non-hydrogen) atoms. The van der Waals surface area contributed by atoms with Crippen LogP contribution in [0.4, 0.5) is 4.39 Å². The monoisotopic (exact) mass is 314 g/mol. The Morgan fingerprint density at radius 2 is 1.87 bits per heavy atom. The highest BCUT2D eigenvalue weighted by atomic mass is 19.1. The largest absolute Gasteiger partial charge is 0.479 e. The van der Waals surface area contributed by atoms with Gasteiger partial charge in [-0.05, 0) is 30.3 Å². The van der Waals surface area contributed by atoms with E-state index in [-0.39, 0.29) is 11.5 Å². The van der Waals surface area contributed by atoms with E-state index in [1.54, 1.807) is 24.3 Å². The molecule has 0 bridgehead atoms.